The van der Waals surface area contributed by atoms with Crippen LogP contribution in [0.1, 0.15) is 36.7 Å². The topological polar surface area (TPSA) is 106 Å². The van der Waals surface area contributed by atoms with E-state index in [1.165, 1.54) is 22.3 Å². The quantitative estimate of drug-likeness (QED) is 0.155. The third kappa shape index (κ3) is 5.43. The van der Waals surface area contributed by atoms with Crippen LogP contribution in [0.5, 0.6) is 0 Å². The highest BCUT2D eigenvalue weighted by Gasteiger charge is 2.37. The Morgan fingerprint density at radius 3 is 1.78 bits per heavy atom. The maximum absolute atomic E-state index is 6.35. The number of rotatable bonds is 6. The van der Waals surface area contributed by atoms with Crippen LogP contribution in [0, 0.1) is 0 Å². The van der Waals surface area contributed by atoms with Gasteiger partial charge in [0.2, 0.25) is 29.6 Å². The van der Waals surface area contributed by atoms with Crippen molar-refractivity contribution in [2.75, 3.05) is 0 Å². The molecule has 4 heterocycles. The highest BCUT2D eigenvalue weighted by Crippen LogP contribution is 2.49. The molecule has 9 heteroatoms. The van der Waals surface area contributed by atoms with Crippen molar-refractivity contribution in [3.05, 3.63) is 191 Å². The van der Waals surface area contributed by atoms with Crippen LogP contribution in [-0.4, -0.2) is 24.9 Å². The summed E-state index contributed by atoms with van der Waals surface area (Å²) in [4.78, 5) is 30.9. The molecule has 284 valence electrons. The van der Waals surface area contributed by atoms with E-state index < -0.39 is 6.17 Å². The Hall–Kier alpha value is -7.91. The summed E-state index contributed by atoms with van der Waals surface area (Å²) in [6.07, 6.45) is -0.401. The molecular weight excluding hydrogens is 743 g/mol. The van der Waals surface area contributed by atoms with Crippen molar-refractivity contribution < 1.29 is 8.83 Å². The van der Waals surface area contributed by atoms with Crippen molar-refractivity contribution in [2.24, 2.45) is 4.99 Å². The van der Waals surface area contributed by atoms with E-state index in [1.54, 1.807) is 0 Å². The number of aromatic nitrogens is 5. The molecule has 9 nitrogen and oxygen atoms in total. The van der Waals surface area contributed by atoms with Gasteiger partial charge in [-0.25, -0.2) is 15.0 Å². The summed E-state index contributed by atoms with van der Waals surface area (Å²) in [5, 5.41) is 1.77. The minimum atomic E-state index is -0.401. The van der Waals surface area contributed by atoms with Crippen molar-refractivity contribution in [3.8, 4) is 56.8 Å². The minimum absolute atomic E-state index is 0.214. The zero-order chi connectivity index (χ0) is 40.0. The molecule has 0 amide bonds. The SMILES string of the molecule is CC1(C)c2ccccc2-c2ccc(-c3nc(-c4cc(-c5nc6ccccc6o5)cc(-c5nc6ccccc6o5)c4)nc([N+]4=c5ccccc5=NC4c4ccccc4)n3)cc21. The number of hydrogen-bond acceptors (Lipinski definition) is 8. The normalized spacial score (nSPS) is 14.9. The van der Waals surface area contributed by atoms with Crippen LogP contribution in [0.15, 0.2) is 178 Å². The number of nitrogens with zero attached hydrogens (tertiary/aromatic N) is 7. The van der Waals surface area contributed by atoms with Crippen LogP contribution in [0.3, 0.4) is 0 Å². The molecule has 12 rings (SSSR count). The molecule has 1 aliphatic heterocycles. The predicted molar refractivity (Wildman–Crippen MR) is 232 cm³/mol. The first kappa shape index (κ1) is 34.2. The van der Waals surface area contributed by atoms with Crippen molar-refractivity contribution in [1.82, 2.24) is 29.5 Å². The number of fused-ring (bicyclic) bond motifs is 6. The highest BCUT2D eigenvalue weighted by molar-refractivity contribution is 5.84. The molecule has 0 fully saturated rings. The number of oxazole rings is 2. The molecule has 0 spiro atoms. The van der Waals surface area contributed by atoms with Gasteiger partial charge in [0.25, 0.3) is 0 Å². The zero-order valence-electron chi connectivity index (χ0n) is 32.6. The first-order chi connectivity index (χ1) is 29.4. The summed E-state index contributed by atoms with van der Waals surface area (Å²) < 4.78 is 14.8. The van der Waals surface area contributed by atoms with Gasteiger partial charge in [0.05, 0.1) is 0 Å². The number of hydrogen-bond donors (Lipinski definition) is 0. The van der Waals surface area contributed by atoms with E-state index >= 15 is 0 Å². The van der Waals surface area contributed by atoms with Crippen LogP contribution >= 0.6 is 0 Å². The average Bonchev–Trinajstić information content (AvgIpc) is 4.08. The van der Waals surface area contributed by atoms with Crippen molar-refractivity contribution in [3.63, 3.8) is 0 Å². The average molecular weight is 777 g/mol. The highest BCUT2D eigenvalue weighted by atomic mass is 16.4. The van der Waals surface area contributed by atoms with Gasteiger partial charge in [-0.1, -0.05) is 111 Å². The monoisotopic (exact) mass is 776 g/mol. The van der Waals surface area contributed by atoms with Gasteiger partial charge in [-0.2, -0.15) is 9.56 Å². The number of benzene rings is 7. The Morgan fingerprint density at radius 1 is 0.483 bits per heavy atom. The maximum atomic E-state index is 6.35. The number of para-hydroxylation sites is 6. The second-order valence-electron chi connectivity index (χ2n) is 15.8. The predicted octanol–water partition coefficient (Wildman–Crippen LogP) is 10.3. The van der Waals surface area contributed by atoms with E-state index in [4.69, 9.17) is 38.7 Å². The molecule has 2 aliphatic rings. The summed E-state index contributed by atoms with van der Waals surface area (Å²) in [5.74, 6) is 2.39. The van der Waals surface area contributed by atoms with Gasteiger partial charge in [0.1, 0.15) is 21.7 Å². The zero-order valence-corrected chi connectivity index (χ0v) is 32.6. The summed E-state index contributed by atoms with van der Waals surface area (Å²) in [6, 6.07) is 55.1. The minimum Gasteiger partial charge on any atom is -0.436 e. The third-order valence-electron chi connectivity index (χ3n) is 11.7. The van der Waals surface area contributed by atoms with Crippen LogP contribution in [0.25, 0.3) is 79.0 Å². The van der Waals surface area contributed by atoms with Gasteiger partial charge in [0.15, 0.2) is 11.2 Å². The molecule has 1 atom stereocenters. The molecule has 10 aromatic rings. The van der Waals surface area contributed by atoms with E-state index in [0.29, 0.717) is 46.1 Å². The van der Waals surface area contributed by atoms with Crippen molar-refractivity contribution in [1.29, 1.82) is 0 Å². The fourth-order valence-corrected chi connectivity index (χ4v) is 8.73. The Kier molecular flexibility index (Phi) is 7.43. The van der Waals surface area contributed by atoms with E-state index in [-0.39, 0.29) is 5.41 Å². The lowest BCUT2D eigenvalue weighted by Gasteiger charge is -2.21. The molecule has 0 saturated heterocycles. The molecular formula is C51H34N7O2+. The fourth-order valence-electron chi connectivity index (χ4n) is 8.73. The lowest BCUT2D eigenvalue weighted by molar-refractivity contribution is 0.569. The largest absolute Gasteiger partial charge is 0.439 e. The van der Waals surface area contributed by atoms with Gasteiger partial charge < -0.3 is 8.83 Å². The summed E-state index contributed by atoms with van der Waals surface area (Å²) >= 11 is 0. The molecule has 0 bridgehead atoms. The molecule has 1 aliphatic carbocycles. The van der Waals surface area contributed by atoms with E-state index in [0.717, 1.165) is 44.0 Å². The molecule has 7 aromatic carbocycles. The van der Waals surface area contributed by atoms with Gasteiger partial charge in [0, 0.05) is 33.2 Å². The summed E-state index contributed by atoms with van der Waals surface area (Å²) in [5.41, 5.74) is 11.8. The van der Waals surface area contributed by atoms with Crippen LogP contribution in [0.2, 0.25) is 0 Å². The second-order valence-corrected chi connectivity index (χ2v) is 15.8. The molecule has 0 N–H and O–H groups in total. The third-order valence-corrected chi connectivity index (χ3v) is 11.7. The maximum Gasteiger partial charge on any atom is 0.439 e. The van der Waals surface area contributed by atoms with E-state index in [1.807, 2.05) is 103 Å². The lowest BCUT2D eigenvalue weighted by atomic mass is 9.82. The van der Waals surface area contributed by atoms with Gasteiger partial charge in [-0.3, -0.25) is 0 Å². The Balaban J connectivity index is 1.11. The Morgan fingerprint density at radius 2 is 1.07 bits per heavy atom. The van der Waals surface area contributed by atoms with Gasteiger partial charge in [-0.15, -0.1) is 0 Å². The van der Waals surface area contributed by atoms with Gasteiger partial charge >= 0.3 is 5.95 Å². The van der Waals surface area contributed by atoms with E-state index in [9.17, 15) is 0 Å². The molecule has 60 heavy (non-hydrogen) atoms. The van der Waals surface area contributed by atoms with Crippen LogP contribution in [0.4, 0.5) is 5.95 Å². The second kappa shape index (κ2) is 13.1. The molecule has 1 unspecified atom stereocenters. The Bertz CT molecular complexity index is 3340. The standard InChI is InChI=1S/C51H34N7O2/c1-51(2)37-17-7-6-16-35(37)36-25-24-31(29-38(36)51)45-55-46(57-50(56-45)58-42-21-11-8-18-39(42)52-47(58)30-14-4-3-5-15-30)32-26-33(48-53-40-19-9-12-22-43(40)59-48)28-34(27-32)49-54-41-20-10-13-23-44(41)60-49/h3-29,47H,1-2H3/q+1. The van der Waals surface area contributed by atoms with Crippen LogP contribution < -0.4 is 15.3 Å². The van der Waals surface area contributed by atoms with Crippen LogP contribution in [-0.2, 0) is 5.41 Å². The Labute approximate surface area is 343 Å². The summed E-state index contributed by atoms with van der Waals surface area (Å²) in [7, 11) is 0. The van der Waals surface area contributed by atoms with Gasteiger partial charge in [-0.05, 0) is 99.0 Å². The molecule has 0 saturated carbocycles. The van der Waals surface area contributed by atoms with Crippen molar-refractivity contribution >= 4 is 28.1 Å². The molecule has 0 radical (unpaired) electrons. The lowest BCUT2D eigenvalue weighted by Crippen LogP contribution is -2.32. The summed E-state index contributed by atoms with van der Waals surface area (Å²) in [6.45, 7) is 4.56. The first-order valence-corrected chi connectivity index (χ1v) is 20.0. The van der Waals surface area contributed by atoms with Crippen molar-refractivity contribution in [2.45, 2.75) is 25.4 Å². The van der Waals surface area contributed by atoms with E-state index in [2.05, 4.69) is 79.1 Å². The fraction of sp³-hybridized carbons (Fsp3) is 0.0784. The first-order valence-electron chi connectivity index (χ1n) is 20.0. The molecule has 3 aromatic heterocycles. The smallest absolute Gasteiger partial charge is 0.436 e.